The Bertz CT molecular complexity index is 705. The van der Waals surface area contributed by atoms with Crippen molar-refractivity contribution in [2.45, 2.75) is 49.2 Å². The Morgan fingerprint density at radius 2 is 1.88 bits per heavy atom. The average molecular weight is 382 g/mol. The summed E-state index contributed by atoms with van der Waals surface area (Å²) in [5.74, 6) is -0.168. The summed E-state index contributed by atoms with van der Waals surface area (Å²) < 4.78 is 37.7. The largest absolute Gasteiger partial charge is 0.417 e. The Hall–Kier alpha value is -2.02. The zero-order chi connectivity index (χ0) is 19.2. The first-order valence-electron chi connectivity index (χ1n) is 8.36. The summed E-state index contributed by atoms with van der Waals surface area (Å²) in [6.07, 6.45) is -1.90. The van der Waals surface area contributed by atoms with Crippen LogP contribution in [0.4, 0.5) is 13.2 Å². The third-order valence-electron chi connectivity index (χ3n) is 3.83. The molecule has 7 heteroatoms. The van der Waals surface area contributed by atoms with E-state index < -0.39 is 17.0 Å². The smallest absolute Gasteiger partial charge is 0.348 e. The SMILES string of the molecule is CCCC(NC(=O)C(C)Sc1ccc(C(F)(F)F)cn1)c1ccccc1. The molecule has 2 rings (SSSR count). The number of carbonyl (C=O) groups is 1. The molecular weight excluding hydrogens is 361 g/mol. The number of amides is 1. The second-order valence-electron chi connectivity index (χ2n) is 5.90. The summed E-state index contributed by atoms with van der Waals surface area (Å²) in [4.78, 5) is 16.3. The number of alkyl halides is 3. The Morgan fingerprint density at radius 3 is 2.42 bits per heavy atom. The van der Waals surface area contributed by atoms with Crippen LogP contribution in [0.5, 0.6) is 0 Å². The number of rotatable bonds is 7. The van der Waals surface area contributed by atoms with E-state index in [1.165, 1.54) is 6.07 Å². The minimum absolute atomic E-state index is 0.0858. The molecule has 0 bridgehead atoms. The maximum absolute atomic E-state index is 12.6. The van der Waals surface area contributed by atoms with Gasteiger partial charge in [-0.05, 0) is 31.0 Å². The van der Waals surface area contributed by atoms with Gasteiger partial charge in [-0.1, -0.05) is 55.4 Å². The molecule has 2 aromatic rings. The number of hydrogen-bond donors (Lipinski definition) is 1. The predicted molar refractivity (Wildman–Crippen MR) is 96.8 cm³/mol. The molecule has 1 aromatic heterocycles. The second-order valence-corrected chi connectivity index (χ2v) is 7.26. The van der Waals surface area contributed by atoms with E-state index in [1.807, 2.05) is 37.3 Å². The molecule has 0 aliphatic rings. The van der Waals surface area contributed by atoms with Crippen molar-refractivity contribution in [3.8, 4) is 0 Å². The molecule has 26 heavy (non-hydrogen) atoms. The lowest BCUT2D eigenvalue weighted by molar-refractivity contribution is -0.137. The van der Waals surface area contributed by atoms with Crippen LogP contribution in [0.15, 0.2) is 53.7 Å². The topological polar surface area (TPSA) is 42.0 Å². The Kier molecular flexibility index (Phi) is 7.08. The number of benzene rings is 1. The van der Waals surface area contributed by atoms with E-state index >= 15 is 0 Å². The number of pyridine rings is 1. The van der Waals surface area contributed by atoms with Crippen LogP contribution in [0.1, 0.15) is 43.9 Å². The Labute approximate surface area is 155 Å². The van der Waals surface area contributed by atoms with Crippen molar-refractivity contribution in [2.24, 2.45) is 0 Å². The van der Waals surface area contributed by atoms with Crippen LogP contribution < -0.4 is 5.32 Å². The lowest BCUT2D eigenvalue weighted by Crippen LogP contribution is -2.34. The van der Waals surface area contributed by atoms with Gasteiger partial charge in [0.25, 0.3) is 0 Å². The van der Waals surface area contributed by atoms with Gasteiger partial charge in [0.2, 0.25) is 5.91 Å². The summed E-state index contributed by atoms with van der Waals surface area (Å²) in [5, 5.41) is 2.93. The lowest BCUT2D eigenvalue weighted by atomic mass is 10.0. The molecule has 1 heterocycles. The first-order chi connectivity index (χ1) is 12.3. The number of thioether (sulfide) groups is 1. The molecule has 0 spiro atoms. The highest BCUT2D eigenvalue weighted by atomic mass is 32.2. The van der Waals surface area contributed by atoms with E-state index in [2.05, 4.69) is 10.3 Å². The molecule has 0 aliphatic carbocycles. The highest BCUT2D eigenvalue weighted by Crippen LogP contribution is 2.30. The van der Waals surface area contributed by atoms with Gasteiger partial charge in [-0.25, -0.2) is 4.98 Å². The van der Waals surface area contributed by atoms with E-state index in [-0.39, 0.29) is 11.9 Å². The van der Waals surface area contributed by atoms with Gasteiger partial charge in [-0.2, -0.15) is 13.2 Å². The molecule has 0 fully saturated rings. The molecule has 140 valence electrons. The van der Waals surface area contributed by atoms with E-state index in [4.69, 9.17) is 0 Å². The van der Waals surface area contributed by atoms with Crippen LogP contribution in [-0.2, 0) is 11.0 Å². The molecular formula is C19H21F3N2OS. The molecule has 0 radical (unpaired) electrons. The van der Waals surface area contributed by atoms with Gasteiger partial charge in [0.1, 0.15) is 0 Å². The first-order valence-corrected chi connectivity index (χ1v) is 9.24. The molecule has 0 aliphatic heterocycles. The third kappa shape index (κ3) is 5.76. The lowest BCUT2D eigenvalue weighted by Gasteiger charge is -2.21. The van der Waals surface area contributed by atoms with Crippen LogP contribution >= 0.6 is 11.8 Å². The monoisotopic (exact) mass is 382 g/mol. The van der Waals surface area contributed by atoms with Crippen LogP contribution in [0.3, 0.4) is 0 Å². The van der Waals surface area contributed by atoms with Gasteiger partial charge in [0.15, 0.2) is 0 Å². The highest BCUT2D eigenvalue weighted by molar-refractivity contribution is 8.00. The number of nitrogens with one attached hydrogen (secondary N) is 1. The van der Waals surface area contributed by atoms with Crippen LogP contribution in [0.2, 0.25) is 0 Å². The zero-order valence-corrected chi connectivity index (χ0v) is 15.4. The van der Waals surface area contributed by atoms with Gasteiger partial charge < -0.3 is 5.32 Å². The average Bonchev–Trinajstić information content (AvgIpc) is 2.61. The number of nitrogens with zero attached hydrogens (tertiary/aromatic N) is 1. The van der Waals surface area contributed by atoms with Crippen LogP contribution in [0.25, 0.3) is 0 Å². The van der Waals surface area contributed by atoms with Gasteiger partial charge in [0.05, 0.1) is 21.9 Å². The van der Waals surface area contributed by atoms with Crippen molar-refractivity contribution in [3.63, 3.8) is 0 Å². The van der Waals surface area contributed by atoms with Crippen molar-refractivity contribution in [2.75, 3.05) is 0 Å². The van der Waals surface area contributed by atoms with Gasteiger partial charge in [-0.3, -0.25) is 4.79 Å². The van der Waals surface area contributed by atoms with E-state index in [0.29, 0.717) is 5.03 Å². The molecule has 1 N–H and O–H groups in total. The normalized spacial score (nSPS) is 13.9. The van der Waals surface area contributed by atoms with Crippen molar-refractivity contribution < 1.29 is 18.0 Å². The van der Waals surface area contributed by atoms with Gasteiger partial charge in [0, 0.05) is 6.20 Å². The van der Waals surface area contributed by atoms with Crippen molar-refractivity contribution >= 4 is 17.7 Å². The Morgan fingerprint density at radius 1 is 1.19 bits per heavy atom. The van der Waals surface area contributed by atoms with Crippen molar-refractivity contribution in [3.05, 3.63) is 59.8 Å². The fourth-order valence-corrected chi connectivity index (χ4v) is 3.24. The minimum atomic E-state index is -4.41. The number of hydrogen-bond acceptors (Lipinski definition) is 3. The summed E-state index contributed by atoms with van der Waals surface area (Å²) >= 11 is 1.14. The predicted octanol–water partition coefficient (Wildman–Crippen LogP) is 5.24. The van der Waals surface area contributed by atoms with Gasteiger partial charge >= 0.3 is 6.18 Å². The van der Waals surface area contributed by atoms with E-state index in [9.17, 15) is 18.0 Å². The molecule has 2 atom stereocenters. The highest BCUT2D eigenvalue weighted by Gasteiger charge is 2.30. The Balaban J connectivity index is 1.99. The molecule has 1 aromatic carbocycles. The van der Waals surface area contributed by atoms with Crippen LogP contribution in [0, 0.1) is 0 Å². The summed E-state index contributed by atoms with van der Waals surface area (Å²) in [5.41, 5.74) is 0.235. The van der Waals surface area contributed by atoms with Crippen molar-refractivity contribution in [1.29, 1.82) is 0 Å². The molecule has 2 unspecified atom stereocenters. The minimum Gasteiger partial charge on any atom is -0.348 e. The maximum Gasteiger partial charge on any atom is 0.417 e. The number of carbonyl (C=O) groups excluding carboxylic acids is 1. The number of halogens is 3. The summed E-state index contributed by atoms with van der Waals surface area (Å²) in [6.45, 7) is 3.76. The summed E-state index contributed by atoms with van der Waals surface area (Å²) in [6, 6.07) is 11.9. The van der Waals surface area contributed by atoms with Crippen LogP contribution in [-0.4, -0.2) is 16.1 Å². The second kappa shape index (κ2) is 9.07. The molecule has 0 saturated carbocycles. The molecule has 3 nitrogen and oxygen atoms in total. The van der Waals surface area contributed by atoms with E-state index in [0.717, 1.165) is 42.4 Å². The quantitative estimate of drug-likeness (QED) is 0.666. The number of aromatic nitrogens is 1. The standard InChI is InChI=1S/C19H21F3N2OS/c1-3-7-16(14-8-5-4-6-9-14)24-18(25)13(2)26-17-11-10-15(12-23-17)19(20,21)22/h4-6,8-13,16H,3,7H2,1-2H3,(H,24,25). The first kappa shape index (κ1) is 20.3. The molecule has 0 saturated heterocycles. The summed E-state index contributed by atoms with van der Waals surface area (Å²) in [7, 11) is 0. The van der Waals surface area contributed by atoms with Crippen molar-refractivity contribution in [1.82, 2.24) is 10.3 Å². The third-order valence-corrected chi connectivity index (χ3v) is 4.88. The van der Waals surface area contributed by atoms with Gasteiger partial charge in [-0.15, -0.1) is 0 Å². The molecule has 1 amide bonds. The van der Waals surface area contributed by atoms with E-state index in [1.54, 1.807) is 6.92 Å². The maximum atomic E-state index is 12.6. The zero-order valence-electron chi connectivity index (χ0n) is 14.6. The fraction of sp³-hybridized carbons (Fsp3) is 0.368. The fourth-order valence-electron chi connectivity index (χ4n) is 2.44.